The van der Waals surface area contributed by atoms with Crippen LogP contribution in [0.2, 0.25) is 0 Å². The summed E-state index contributed by atoms with van der Waals surface area (Å²) >= 11 is 0. The average molecular weight is 441 g/mol. The molecule has 0 amide bonds. The fraction of sp³-hybridized carbons (Fsp3) is 0.769. The van der Waals surface area contributed by atoms with Gasteiger partial charge in [-0.1, -0.05) is 56.6 Å². The first kappa shape index (κ1) is 24.6. The standard InChI is InChI=1S/C26H39F3O2/c1-17-9-12-21(30)16-20(17)11-10-19-7-5-15-25(3)22(13-14-23(19)25)18(2)6-4-8-24(31)26(27,28)29/h10-11,18,21-24,30-31H,1,4-9,12-16H2,2-3H3/b19-10+,20-11-/t18-,21+,22-,23+,24?,25-/m1/s1. The summed E-state index contributed by atoms with van der Waals surface area (Å²) in [4.78, 5) is 0. The van der Waals surface area contributed by atoms with Gasteiger partial charge in [-0.3, -0.25) is 0 Å². The molecule has 0 saturated heterocycles. The third-order valence-electron chi connectivity index (χ3n) is 8.43. The number of alkyl halides is 3. The maximum Gasteiger partial charge on any atom is 0.414 e. The van der Waals surface area contributed by atoms with Crippen molar-refractivity contribution < 1.29 is 23.4 Å². The Morgan fingerprint density at radius 1 is 1.16 bits per heavy atom. The van der Waals surface area contributed by atoms with Crippen molar-refractivity contribution in [2.24, 2.45) is 23.2 Å². The topological polar surface area (TPSA) is 40.5 Å². The molecule has 2 N–H and O–H groups in total. The Morgan fingerprint density at radius 3 is 2.61 bits per heavy atom. The third kappa shape index (κ3) is 5.65. The molecule has 0 radical (unpaired) electrons. The minimum atomic E-state index is -4.51. The van der Waals surface area contributed by atoms with E-state index in [1.54, 1.807) is 0 Å². The molecule has 176 valence electrons. The lowest BCUT2D eigenvalue weighted by Gasteiger charge is -2.44. The number of rotatable bonds is 6. The molecule has 3 saturated carbocycles. The summed E-state index contributed by atoms with van der Waals surface area (Å²) in [5, 5.41) is 19.3. The highest BCUT2D eigenvalue weighted by Gasteiger charge is 2.50. The van der Waals surface area contributed by atoms with Gasteiger partial charge in [-0.05, 0) is 86.5 Å². The van der Waals surface area contributed by atoms with E-state index in [2.05, 4.69) is 32.6 Å². The molecule has 3 rings (SSSR count). The quantitative estimate of drug-likeness (QED) is 0.472. The molecule has 3 aliphatic carbocycles. The predicted octanol–water partition coefficient (Wildman–Crippen LogP) is 6.89. The number of hydrogen-bond acceptors (Lipinski definition) is 2. The van der Waals surface area contributed by atoms with E-state index < -0.39 is 12.3 Å². The van der Waals surface area contributed by atoms with Crippen LogP contribution in [0.15, 0.2) is 35.5 Å². The van der Waals surface area contributed by atoms with Crippen molar-refractivity contribution in [2.45, 2.75) is 103 Å². The second-order valence-corrected chi connectivity index (χ2v) is 10.5. The maximum absolute atomic E-state index is 12.6. The van der Waals surface area contributed by atoms with Crippen molar-refractivity contribution in [2.75, 3.05) is 0 Å². The van der Waals surface area contributed by atoms with Crippen molar-refractivity contribution in [3.05, 3.63) is 35.5 Å². The van der Waals surface area contributed by atoms with Gasteiger partial charge < -0.3 is 10.2 Å². The van der Waals surface area contributed by atoms with Gasteiger partial charge in [0.1, 0.15) is 6.10 Å². The van der Waals surface area contributed by atoms with Crippen LogP contribution >= 0.6 is 0 Å². The first-order valence-electron chi connectivity index (χ1n) is 12.0. The minimum absolute atomic E-state index is 0.199. The fourth-order valence-electron chi connectivity index (χ4n) is 6.61. The SMILES string of the molecule is C=C1CC[C@H](O)C/C1=C/C=C1\CCC[C@]2(C)[C@@H]([C@H](C)CCCC(O)C(F)(F)F)CC[C@@H]12. The largest absolute Gasteiger partial charge is 0.414 e. The molecule has 0 aliphatic heterocycles. The Hall–Kier alpha value is -1.07. The molecule has 0 aromatic rings. The summed E-state index contributed by atoms with van der Waals surface area (Å²) in [6, 6.07) is 0. The van der Waals surface area contributed by atoms with Crippen LogP contribution in [-0.4, -0.2) is 28.6 Å². The van der Waals surface area contributed by atoms with Crippen molar-refractivity contribution in [1.29, 1.82) is 0 Å². The smallest absolute Gasteiger partial charge is 0.393 e. The molecule has 1 unspecified atom stereocenters. The predicted molar refractivity (Wildman–Crippen MR) is 118 cm³/mol. The molecule has 6 atom stereocenters. The lowest BCUT2D eigenvalue weighted by Crippen LogP contribution is -2.36. The van der Waals surface area contributed by atoms with Crippen LogP contribution in [0, 0.1) is 23.2 Å². The number of halogens is 3. The van der Waals surface area contributed by atoms with E-state index >= 15 is 0 Å². The number of allylic oxidation sites excluding steroid dienone is 4. The Kier molecular flexibility index (Phi) is 7.79. The maximum atomic E-state index is 12.6. The first-order valence-corrected chi connectivity index (χ1v) is 12.0. The highest BCUT2D eigenvalue weighted by molar-refractivity contribution is 5.36. The monoisotopic (exact) mass is 440 g/mol. The van der Waals surface area contributed by atoms with Crippen molar-refractivity contribution in [1.82, 2.24) is 0 Å². The molecule has 0 bridgehead atoms. The second kappa shape index (κ2) is 9.82. The van der Waals surface area contributed by atoms with Gasteiger partial charge in [-0.25, -0.2) is 0 Å². The Bertz CT molecular complexity index is 708. The van der Waals surface area contributed by atoms with E-state index in [-0.39, 0.29) is 17.9 Å². The first-order chi connectivity index (χ1) is 14.5. The number of fused-ring (bicyclic) bond motifs is 1. The highest BCUT2D eigenvalue weighted by atomic mass is 19.4. The number of aliphatic hydroxyl groups excluding tert-OH is 2. The molecule has 0 aromatic carbocycles. The van der Waals surface area contributed by atoms with E-state index in [1.165, 1.54) is 17.6 Å². The molecule has 2 nitrogen and oxygen atoms in total. The summed E-state index contributed by atoms with van der Waals surface area (Å²) < 4.78 is 37.7. The third-order valence-corrected chi connectivity index (χ3v) is 8.43. The summed E-state index contributed by atoms with van der Waals surface area (Å²) in [5.74, 6) is 1.41. The average Bonchev–Trinajstić information content (AvgIpc) is 3.05. The summed E-state index contributed by atoms with van der Waals surface area (Å²) in [6.45, 7) is 8.74. The van der Waals surface area contributed by atoms with E-state index in [4.69, 9.17) is 0 Å². The van der Waals surface area contributed by atoms with E-state index in [0.717, 1.165) is 50.5 Å². The fourth-order valence-corrected chi connectivity index (χ4v) is 6.61. The Labute approximate surface area is 185 Å². The zero-order valence-electron chi connectivity index (χ0n) is 19.1. The second-order valence-electron chi connectivity index (χ2n) is 10.5. The van der Waals surface area contributed by atoms with Crippen molar-refractivity contribution >= 4 is 0 Å². The van der Waals surface area contributed by atoms with Crippen molar-refractivity contribution in [3.8, 4) is 0 Å². The number of hydrogen-bond donors (Lipinski definition) is 2. The van der Waals surface area contributed by atoms with Gasteiger partial charge in [0, 0.05) is 0 Å². The molecule has 3 fully saturated rings. The summed E-state index contributed by atoms with van der Waals surface area (Å²) in [5.41, 5.74) is 4.01. The van der Waals surface area contributed by atoms with Gasteiger partial charge in [0.25, 0.3) is 0 Å². The van der Waals surface area contributed by atoms with Crippen LogP contribution in [0.4, 0.5) is 13.2 Å². The molecule has 0 aromatic heterocycles. The van der Waals surface area contributed by atoms with E-state index in [0.29, 0.717) is 30.6 Å². The van der Waals surface area contributed by atoms with Crippen LogP contribution < -0.4 is 0 Å². The molecule has 3 aliphatic rings. The van der Waals surface area contributed by atoms with E-state index in [9.17, 15) is 23.4 Å². The Balaban J connectivity index is 1.64. The number of aliphatic hydroxyl groups is 2. The van der Waals surface area contributed by atoms with Gasteiger partial charge in [-0.15, -0.1) is 0 Å². The van der Waals surface area contributed by atoms with Crippen LogP contribution in [0.5, 0.6) is 0 Å². The van der Waals surface area contributed by atoms with Gasteiger partial charge in [-0.2, -0.15) is 13.2 Å². The van der Waals surface area contributed by atoms with Gasteiger partial charge in [0.15, 0.2) is 0 Å². The van der Waals surface area contributed by atoms with Crippen LogP contribution in [0.3, 0.4) is 0 Å². The lowest BCUT2D eigenvalue weighted by atomic mass is 9.60. The molecule has 31 heavy (non-hydrogen) atoms. The molecule has 5 heteroatoms. The zero-order chi connectivity index (χ0) is 22.8. The van der Waals surface area contributed by atoms with Gasteiger partial charge in [0.2, 0.25) is 0 Å². The van der Waals surface area contributed by atoms with Gasteiger partial charge >= 0.3 is 6.18 Å². The van der Waals surface area contributed by atoms with E-state index in [1.807, 2.05) is 0 Å². The summed E-state index contributed by atoms with van der Waals surface area (Å²) in [7, 11) is 0. The van der Waals surface area contributed by atoms with Crippen LogP contribution in [-0.2, 0) is 0 Å². The molecular weight excluding hydrogens is 401 g/mol. The zero-order valence-corrected chi connectivity index (χ0v) is 19.1. The minimum Gasteiger partial charge on any atom is -0.393 e. The highest BCUT2D eigenvalue weighted by Crippen LogP contribution is 2.60. The molecule has 0 heterocycles. The van der Waals surface area contributed by atoms with Gasteiger partial charge in [0.05, 0.1) is 6.10 Å². The van der Waals surface area contributed by atoms with Crippen LogP contribution in [0.25, 0.3) is 0 Å². The summed E-state index contributed by atoms with van der Waals surface area (Å²) in [6.07, 6.45) is 6.51. The van der Waals surface area contributed by atoms with Crippen LogP contribution in [0.1, 0.15) is 84.5 Å². The molecular formula is C26H39F3O2. The molecule has 0 spiro atoms. The lowest BCUT2D eigenvalue weighted by molar-refractivity contribution is -0.205. The Morgan fingerprint density at radius 2 is 1.90 bits per heavy atom. The normalized spacial score (nSPS) is 36.6. The van der Waals surface area contributed by atoms with Crippen molar-refractivity contribution in [3.63, 3.8) is 0 Å².